The fourth-order valence-corrected chi connectivity index (χ4v) is 4.41. The molecule has 8 nitrogen and oxygen atoms in total. The Morgan fingerprint density at radius 2 is 2.09 bits per heavy atom. The van der Waals surface area contributed by atoms with Crippen LogP contribution in [0.2, 0.25) is 5.02 Å². The van der Waals surface area contributed by atoms with E-state index >= 15 is 0 Å². The number of hydrogen-bond donors (Lipinski definition) is 2. The van der Waals surface area contributed by atoms with Gasteiger partial charge in [-0.05, 0) is 11.6 Å². The molecule has 1 aromatic heterocycles. The molecule has 1 aromatic carbocycles. The second-order valence-corrected chi connectivity index (χ2v) is 7.48. The third kappa shape index (κ3) is 3.33. The quantitative estimate of drug-likeness (QED) is 0.821. The summed E-state index contributed by atoms with van der Waals surface area (Å²) < 4.78 is 37.0. The zero-order chi connectivity index (χ0) is 16.6. The van der Waals surface area contributed by atoms with Crippen LogP contribution in [0.15, 0.2) is 17.6 Å². The highest BCUT2D eigenvalue weighted by Gasteiger charge is 2.23. The van der Waals surface area contributed by atoms with Gasteiger partial charge in [0.1, 0.15) is 5.00 Å². The molecule has 0 radical (unpaired) electrons. The topological polar surface area (TPSA) is 115 Å². The van der Waals surface area contributed by atoms with Crippen LogP contribution in [0.4, 0.5) is 5.00 Å². The van der Waals surface area contributed by atoms with Gasteiger partial charge in [0.2, 0.25) is 16.8 Å². The molecule has 1 aliphatic rings. The number of nitrogens with one attached hydrogen (secondary N) is 1. The number of halogens is 1. The maximum absolute atomic E-state index is 12.2. The van der Waals surface area contributed by atoms with Gasteiger partial charge in [0, 0.05) is 11.1 Å². The van der Waals surface area contributed by atoms with Gasteiger partial charge in [0.05, 0.1) is 11.3 Å². The second kappa shape index (κ2) is 5.87. The summed E-state index contributed by atoms with van der Waals surface area (Å²) in [5.74, 6) is -0.909. The number of carbonyl (C=O) groups is 1. The van der Waals surface area contributed by atoms with Crippen LogP contribution in [0.25, 0.3) is 0 Å². The van der Waals surface area contributed by atoms with Gasteiger partial charge in [-0.15, -0.1) is 11.3 Å². The van der Waals surface area contributed by atoms with Crippen LogP contribution in [0.3, 0.4) is 0 Å². The van der Waals surface area contributed by atoms with Crippen molar-refractivity contribution in [1.82, 2.24) is 4.98 Å². The van der Waals surface area contributed by atoms with Gasteiger partial charge < -0.3 is 14.6 Å². The number of anilines is 1. The molecule has 0 unspecified atom stereocenters. The van der Waals surface area contributed by atoms with Crippen LogP contribution in [0.5, 0.6) is 11.5 Å². The summed E-state index contributed by atoms with van der Waals surface area (Å²) >= 11 is 6.93. The fourth-order valence-electron chi connectivity index (χ4n) is 1.92. The number of carboxylic acid groups (broad SMARTS) is 1. The summed E-state index contributed by atoms with van der Waals surface area (Å²) in [6, 6.07) is 2.96. The van der Waals surface area contributed by atoms with Crippen LogP contribution in [0, 0.1) is 0 Å². The lowest BCUT2D eigenvalue weighted by atomic mass is 10.2. The van der Waals surface area contributed by atoms with Crippen LogP contribution >= 0.6 is 22.9 Å². The lowest BCUT2D eigenvalue weighted by molar-refractivity contribution is 0.0692. The fraction of sp³-hybridized carbons (Fsp3) is 0.167. The van der Waals surface area contributed by atoms with Gasteiger partial charge in [-0.3, -0.25) is 4.72 Å². The minimum atomic E-state index is -3.88. The van der Waals surface area contributed by atoms with Gasteiger partial charge in [-0.1, -0.05) is 11.6 Å². The van der Waals surface area contributed by atoms with E-state index in [0.29, 0.717) is 17.1 Å². The second-order valence-electron chi connectivity index (χ2n) is 4.49. The van der Waals surface area contributed by atoms with Crippen molar-refractivity contribution >= 4 is 43.9 Å². The first-order chi connectivity index (χ1) is 10.9. The van der Waals surface area contributed by atoms with Crippen molar-refractivity contribution in [3.05, 3.63) is 33.9 Å². The smallest absolute Gasteiger partial charge is 0.357 e. The molecule has 11 heteroatoms. The minimum absolute atomic E-state index is 0.0446. The Hall–Kier alpha value is -2.04. The molecule has 2 N–H and O–H groups in total. The molecule has 0 fully saturated rings. The molecule has 2 heterocycles. The van der Waals surface area contributed by atoms with E-state index in [-0.39, 0.29) is 22.5 Å². The monoisotopic (exact) mass is 376 g/mol. The number of sulfonamides is 1. The third-order valence-electron chi connectivity index (χ3n) is 2.91. The number of carboxylic acids is 1. The summed E-state index contributed by atoms with van der Waals surface area (Å²) in [6.07, 6.45) is 0. The molecule has 3 rings (SSSR count). The maximum atomic E-state index is 12.2. The van der Waals surface area contributed by atoms with Gasteiger partial charge in [-0.2, -0.15) is 0 Å². The molecule has 0 saturated carbocycles. The van der Waals surface area contributed by atoms with E-state index in [1.54, 1.807) is 0 Å². The van der Waals surface area contributed by atoms with Crippen molar-refractivity contribution in [2.75, 3.05) is 11.5 Å². The third-order valence-corrected chi connectivity index (χ3v) is 5.33. The number of thiazole rings is 1. The number of aromatic carboxylic acids is 1. The first kappa shape index (κ1) is 15.8. The normalized spacial score (nSPS) is 13.1. The number of nitrogens with zero attached hydrogens (tertiary/aromatic N) is 1. The first-order valence-electron chi connectivity index (χ1n) is 6.11. The lowest BCUT2D eigenvalue weighted by Crippen LogP contribution is -2.16. The predicted octanol–water partition coefficient (Wildman–Crippen LogP) is 2.17. The highest BCUT2D eigenvalue weighted by Crippen LogP contribution is 2.37. The van der Waals surface area contributed by atoms with Crippen molar-refractivity contribution in [3.8, 4) is 11.5 Å². The largest absolute Gasteiger partial charge is 0.476 e. The van der Waals surface area contributed by atoms with Gasteiger partial charge in [-0.25, -0.2) is 18.2 Å². The molecule has 0 bridgehead atoms. The summed E-state index contributed by atoms with van der Waals surface area (Å²) in [5, 5.41) is 9.10. The van der Waals surface area contributed by atoms with Crippen LogP contribution in [0.1, 0.15) is 16.1 Å². The van der Waals surface area contributed by atoms with E-state index < -0.39 is 21.7 Å². The first-order valence-corrected chi connectivity index (χ1v) is 9.02. The van der Waals surface area contributed by atoms with Crippen molar-refractivity contribution in [3.63, 3.8) is 0 Å². The minimum Gasteiger partial charge on any atom is -0.476 e. The number of hydrogen-bond acceptors (Lipinski definition) is 7. The molecule has 23 heavy (non-hydrogen) atoms. The number of aromatic nitrogens is 1. The molecular formula is C12H9ClN2O6S2. The van der Waals surface area contributed by atoms with E-state index in [1.807, 2.05) is 0 Å². The number of ether oxygens (including phenoxy) is 2. The summed E-state index contributed by atoms with van der Waals surface area (Å²) in [4.78, 5) is 14.6. The molecular weight excluding hydrogens is 368 g/mol. The van der Waals surface area contributed by atoms with Crippen molar-refractivity contribution in [2.24, 2.45) is 0 Å². The van der Waals surface area contributed by atoms with Crippen molar-refractivity contribution < 1.29 is 27.8 Å². The Balaban J connectivity index is 1.84. The van der Waals surface area contributed by atoms with Crippen LogP contribution in [-0.2, 0) is 15.8 Å². The van der Waals surface area contributed by atoms with E-state index in [4.69, 9.17) is 26.2 Å². The van der Waals surface area contributed by atoms with E-state index in [0.717, 1.165) is 11.3 Å². The number of fused-ring (bicyclic) bond motifs is 1. The molecule has 122 valence electrons. The lowest BCUT2D eigenvalue weighted by Gasteiger charge is -2.09. The molecule has 2 aromatic rings. The predicted molar refractivity (Wildman–Crippen MR) is 82.9 cm³/mol. The standard InChI is InChI=1S/C12H9ClN2O6S2/c13-7-2-9-8(20-5-21-9)1-6(7)3-23(18,19)15-11-10(12(16)17)14-4-22-11/h1-2,4,15H,3,5H2,(H,16,17). The molecule has 0 saturated heterocycles. The average Bonchev–Trinajstić information content (AvgIpc) is 3.07. The van der Waals surface area contributed by atoms with Gasteiger partial charge >= 0.3 is 5.97 Å². The molecule has 0 atom stereocenters. The van der Waals surface area contributed by atoms with E-state index in [1.165, 1.54) is 17.6 Å². The SMILES string of the molecule is O=C(O)c1ncsc1NS(=O)(=O)Cc1cc2c(cc1Cl)OCO2. The van der Waals surface area contributed by atoms with Gasteiger partial charge in [0.15, 0.2) is 17.2 Å². The highest BCUT2D eigenvalue weighted by molar-refractivity contribution is 7.92. The molecule has 0 aliphatic carbocycles. The maximum Gasteiger partial charge on any atom is 0.357 e. The van der Waals surface area contributed by atoms with E-state index in [2.05, 4.69) is 9.71 Å². The highest BCUT2D eigenvalue weighted by atomic mass is 35.5. The Labute approximate surface area is 139 Å². The molecule has 0 amide bonds. The summed E-state index contributed by atoms with van der Waals surface area (Å²) in [6.45, 7) is 0.0446. The zero-order valence-corrected chi connectivity index (χ0v) is 13.7. The number of benzene rings is 1. The van der Waals surface area contributed by atoms with Crippen molar-refractivity contribution in [2.45, 2.75) is 5.75 Å². The average molecular weight is 377 g/mol. The Kier molecular flexibility index (Phi) is 4.04. The van der Waals surface area contributed by atoms with E-state index in [9.17, 15) is 13.2 Å². The van der Waals surface area contributed by atoms with Crippen molar-refractivity contribution in [1.29, 1.82) is 0 Å². The van der Waals surface area contributed by atoms with Crippen LogP contribution in [-0.4, -0.2) is 31.3 Å². The Morgan fingerprint density at radius 1 is 1.39 bits per heavy atom. The summed E-state index contributed by atoms with van der Waals surface area (Å²) in [5.41, 5.74) is 1.20. The molecule has 1 aliphatic heterocycles. The molecule has 0 spiro atoms. The van der Waals surface area contributed by atoms with Gasteiger partial charge in [0.25, 0.3) is 0 Å². The Bertz CT molecular complexity index is 880. The van der Waals surface area contributed by atoms with Crippen LogP contribution < -0.4 is 14.2 Å². The number of rotatable bonds is 5. The zero-order valence-electron chi connectivity index (χ0n) is 11.3. The Morgan fingerprint density at radius 3 is 2.78 bits per heavy atom. The summed E-state index contributed by atoms with van der Waals surface area (Å²) in [7, 11) is -3.88.